The number of benzene rings is 3. The molecule has 0 bridgehead atoms. The number of hydrogen-bond acceptors (Lipinski definition) is 4. The number of nitrogens with one attached hydrogen (secondary N) is 1. The van der Waals surface area contributed by atoms with Crippen LogP contribution in [-0.4, -0.2) is 17.5 Å². The Kier molecular flexibility index (Phi) is 5.66. The van der Waals surface area contributed by atoms with Gasteiger partial charge >= 0.3 is 0 Å². The SMILES string of the molecule is Cc1cc(OCC(=O)Nc2ccccc2-c2nc3cc(Cl)ccc3o2)cc(C)c1Cl. The second kappa shape index (κ2) is 8.38. The maximum Gasteiger partial charge on any atom is 0.262 e. The molecule has 30 heavy (non-hydrogen) atoms. The van der Waals surface area contributed by atoms with E-state index >= 15 is 0 Å². The number of oxazole rings is 1. The minimum atomic E-state index is -0.299. The summed E-state index contributed by atoms with van der Waals surface area (Å²) in [6.07, 6.45) is 0. The molecule has 0 radical (unpaired) electrons. The third-order valence-corrected chi connectivity index (χ3v) is 5.39. The summed E-state index contributed by atoms with van der Waals surface area (Å²) in [5, 5.41) is 4.13. The predicted molar refractivity (Wildman–Crippen MR) is 120 cm³/mol. The summed E-state index contributed by atoms with van der Waals surface area (Å²) < 4.78 is 11.5. The molecule has 1 N–H and O–H groups in total. The number of nitrogens with zero attached hydrogens (tertiary/aromatic N) is 1. The van der Waals surface area contributed by atoms with E-state index in [4.69, 9.17) is 32.4 Å². The number of fused-ring (bicyclic) bond motifs is 1. The highest BCUT2D eigenvalue weighted by Gasteiger charge is 2.15. The molecule has 0 aliphatic carbocycles. The van der Waals surface area contributed by atoms with Crippen molar-refractivity contribution in [2.24, 2.45) is 0 Å². The summed E-state index contributed by atoms with van der Waals surface area (Å²) in [6, 6.07) is 16.1. The van der Waals surface area contributed by atoms with Crippen molar-refractivity contribution in [2.75, 3.05) is 11.9 Å². The highest BCUT2D eigenvalue weighted by Crippen LogP contribution is 2.31. The molecule has 5 nitrogen and oxygen atoms in total. The lowest BCUT2D eigenvalue weighted by atomic mass is 10.1. The highest BCUT2D eigenvalue weighted by atomic mass is 35.5. The highest BCUT2D eigenvalue weighted by molar-refractivity contribution is 6.32. The largest absolute Gasteiger partial charge is 0.484 e. The number of halogens is 2. The van der Waals surface area contributed by atoms with Gasteiger partial charge in [-0.1, -0.05) is 35.3 Å². The van der Waals surface area contributed by atoms with Gasteiger partial charge in [0.25, 0.3) is 5.91 Å². The van der Waals surface area contributed by atoms with Crippen LogP contribution in [0.3, 0.4) is 0 Å². The third kappa shape index (κ3) is 4.27. The first-order chi connectivity index (χ1) is 14.4. The summed E-state index contributed by atoms with van der Waals surface area (Å²) in [7, 11) is 0. The number of para-hydroxylation sites is 1. The number of aromatic nitrogens is 1. The minimum Gasteiger partial charge on any atom is -0.484 e. The lowest BCUT2D eigenvalue weighted by molar-refractivity contribution is -0.118. The Balaban J connectivity index is 1.51. The number of rotatable bonds is 5. The molecule has 0 fully saturated rings. The van der Waals surface area contributed by atoms with E-state index in [0.717, 1.165) is 11.1 Å². The monoisotopic (exact) mass is 440 g/mol. The third-order valence-electron chi connectivity index (χ3n) is 4.56. The van der Waals surface area contributed by atoms with E-state index in [9.17, 15) is 4.79 Å². The molecular formula is C23H18Cl2N2O3. The fourth-order valence-corrected chi connectivity index (χ4v) is 3.39. The van der Waals surface area contributed by atoms with E-state index < -0.39 is 0 Å². The van der Waals surface area contributed by atoms with Crippen LogP contribution in [0.2, 0.25) is 10.0 Å². The van der Waals surface area contributed by atoms with Crippen molar-refractivity contribution in [3.05, 3.63) is 75.8 Å². The molecule has 0 aliphatic rings. The molecule has 0 spiro atoms. The van der Waals surface area contributed by atoms with Crippen LogP contribution in [0.25, 0.3) is 22.6 Å². The lowest BCUT2D eigenvalue weighted by Crippen LogP contribution is -2.20. The molecule has 7 heteroatoms. The zero-order valence-electron chi connectivity index (χ0n) is 16.3. The average molecular weight is 441 g/mol. The molecule has 1 heterocycles. The van der Waals surface area contributed by atoms with Crippen LogP contribution in [0, 0.1) is 13.8 Å². The van der Waals surface area contributed by atoms with Gasteiger partial charge in [-0.05, 0) is 67.4 Å². The molecule has 152 valence electrons. The standard InChI is InChI=1S/C23H18Cl2N2O3/c1-13-9-16(10-14(2)22(13)25)29-12-21(28)26-18-6-4-3-5-17(18)23-27-19-11-15(24)7-8-20(19)30-23/h3-11H,12H2,1-2H3,(H,26,28). The molecule has 3 aromatic carbocycles. The molecule has 1 amide bonds. The molecule has 4 aromatic rings. The molecular weight excluding hydrogens is 423 g/mol. The minimum absolute atomic E-state index is 0.141. The van der Waals surface area contributed by atoms with Gasteiger partial charge in [-0.25, -0.2) is 4.98 Å². The van der Waals surface area contributed by atoms with Gasteiger partial charge in [-0.15, -0.1) is 0 Å². The topological polar surface area (TPSA) is 64.4 Å². The number of carbonyl (C=O) groups excluding carboxylic acids is 1. The smallest absolute Gasteiger partial charge is 0.262 e. The van der Waals surface area contributed by atoms with E-state index in [1.54, 1.807) is 36.4 Å². The van der Waals surface area contributed by atoms with Crippen LogP contribution in [0.1, 0.15) is 11.1 Å². The van der Waals surface area contributed by atoms with E-state index in [0.29, 0.717) is 44.0 Å². The van der Waals surface area contributed by atoms with Crippen molar-refractivity contribution in [3.63, 3.8) is 0 Å². The Morgan fingerprint density at radius 1 is 1.07 bits per heavy atom. The number of carbonyl (C=O) groups is 1. The number of ether oxygens (including phenoxy) is 1. The van der Waals surface area contributed by atoms with Gasteiger partial charge < -0.3 is 14.5 Å². The normalized spacial score (nSPS) is 10.9. The van der Waals surface area contributed by atoms with Crippen molar-refractivity contribution >= 4 is 45.9 Å². The summed E-state index contributed by atoms with van der Waals surface area (Å²) in [4.78, 5) is 17.0. The maximum absolute atomic E-state index is 12.5. The Morgan fingerprint density at radius 3 is 2.57 bits per heavy atom. The Bertz CT molecular complexity index is 1230. The van der Waals surface area contributed by atoms with E-state index in [1.807, 2.05) is 32.0 Å². The zero-order chi connectivity index (χ0) is 21.3. The fraction of sp³-hybridized carbons (Fsp3) is 0.130. The predicted octanol–water partition coefficient (Wildman–Crippen LogP) is 6.44. The van der Waals surface area contributed by atoms with E-state index in [2.05, 4.69) is 10.3 Å². The molecule has 1 aromatic heterocycles. The molecule has 0 saturated carbocycles. The number of anilines is 1. The van der Waals surface area contributed by atoms with Crippen LogP contribution in [0.5, 0.6) is 5.75 Å². The van der Waals surface area contributed by atoms with Gasteiger partial charge in [-0.3, -0.25) is 4.79 Å². The van der Waals surface area contributed by atoms with Crippen LogP contribution in [0.15, 0.2) is 59.0 Å². The van der Waals surface area contributed by atoms with E-state index in [1.165, 1.54) is 0 Å². The first-order valence-corrected chi connectivity index (χ1v) is 10.0. The van der Waals surface area contributed by atoms with Crippen LogP contribution in [-0.2, 0) is 4.79 Å². The van der Waals surface area contributed by atoms with Crippen molar-refractivity contribution < 1.29 is 13.9 Å². The van der Waals surface area contributed by atoms with Crippen LogP contribution in [0.4, 0.5) is 5.69 Å². The van der Waals surface area contributed by atoms with Crippen molar-refractivity contribution in [1.29, 1.82) is 0 Å². The quantitative estimate of drug-likeness (QED) is 0.387. The first kappa shape index (κ1) is 20.3. The van der Waals surface area contributed by atoms with Crippen molar-refractivity contribution in [3.8, 4) is 17.2 Å². The molecule has 0 saturated heterocycles. The second-order valence-electron chi connectivity index (χ2n) is 6.88. The summed E-state index contributed by atoms with van der Waals surface area (Å²) in [5.41, 5.74) is 4.30. The molecule has 0 aliphatic heterocycles. The number of hydrogen-bond donors (Lipinski definition) is 1. The van der Waals surface area contributed by atoms with Gasteiger partial charge in [0.15, 0.2) is 12.2 Å². The van der Waals surface area contributed by atoms with Crippen LogP contribution < -0.4 is 10.1 Å². The van der Waals surface area contributed by atoms with Crippen molar-refractivity contribution in [2.45, 2.75) is 13.8 Å². The molecule has 0 atom stereocenters. The second-order valence-corrected chi connectivity index (χ2v) is 7.70. The lowest BCUT2D eigenvalue weighted by Gasteiger charge is -2.11. The van der Waals surface area contributed by atoms with Gasteiger partial charge in [-0.2, -0.15) is 0 Å². The zero-order valence-corrected chi connectivity index (χ0v) is 17.8. The van der Waals surface area contributed by atoms with E-state index in [-0.39, 0.29) is 12.5 Å². The Labute approximate surface area is 183 Å². The average Bonchev–Trinajstić information content (AvgIpc) is 3.13. The number of aryl methyl sites for hydroxylation is 2. The summed E-state index contributed by atoms with van der Waals surface area (Å²) >= 11 is 12.2. The van der Waals surface area contributed by atoms with Gasteiger partial charge in [0.1, 0.15) is 11.3 Å². The summed E-state index contributed by atoms with van der Waals surface area (Å²) in [5.74, 6) is 0.688. The fourth-order valence-electron chi connectivity index (χ4n) is 3.12. The maximum atomic E-state index is 12.5. The molecule has 0 unspecified atom stereocenters. The first-order valence-electron chi connectivity index (χ1n) is 9.25. The van der Waals surface area contributed by atoms with Gasteiger partial charge in [0.05, 0.1) is 11.3 Å². The van der Waals surface area contributed by atoms with Gasteiger partial charge in [0.2, 0.25) is 5.89 Å². The van der Waals surface area contributed by atoms with Crippen LogP contribution >= 0.6 is 23.2 Å². The number of amides is 1. The van der Waals surface area contributed by atoms with Crippen molar-refractivity contribution in [1.82, 2.24) is 4.98 Å². The Morgan fingerprint density at radius 2 is 1.80 bits per heavy atom. The summed E-state index contributed by atoms with van der Waals surface area (Å²) in [6.45, 7) is 3.65. The van der Waals surface area contributed by atoms with Gasteiger partial charge in [0, 0.05) is 10.0 Å². The molecule has 4 rings (SSSR count). The Hall–Kier alpha value is -3.02.